The van der Waals surface area contributed by atoms with Crippen LogP contribution in [0.25, 0.3) is 0 Å². The third-order valence-corrected chi connectivity index (χ3v) is 2.01. The second-order valence-corrected chi connectivity index (χ2v) is 3.37. The Labute approximate surface area is 103 Å². The summed E-state index contributed by atoms with van der Waals surface area (Å²) in [7, 11) is 0. The Morgan fingerprint density at radius 1 is 0.667 bits per heavy atom. The minimum atomic E-state index is -0.998. The predicted octanol–water partition coefficient (Wildman–Crippen LogP) is -0.396. The molecule has 0 spiro atoms. The van der Waals surface area contributed by atoms with Gasteiger partial charge in [0.25, 0.3) is 0 Å². The number of carboxylic acids is 2. The van der Waals surface area contributed by atoms with Crippen LogP contribution in [0, 0.1) is 0 Å². The Balaban J connectivity index is 0. The molecule has 0 aliphatic carbocycles. The summed E-state index contributed by atoms with van der Waals surface area (Å²) in [5.41, 5.74) is 0. The molecule has 4 nitrogen and oxygen atoms in total. The van der Waals surface area contributed by atoms with Crippen LogP contribution in [0.4, 0.5) is 0 Å². The average molecular weight is 266 g/mol. The first-order chi connectivity index (χ1) is 6.63. The predicted molar refractivity (Wildman–Crippen MR) is 47.0 cm³/mol. The van der Waals surface area contributed by atoms with E-state index in [1.54, 1.807) is 0 Å². The molecular formula is C10H16O4Zn. The molecule has 0 radical (unpaired) electrons. The van der Waals surface area contributed by atoms with Crippen LogP contribution in [0.1, 0.15) is 51.4 Å². The molecular weight excluding hydrogens is 249 g/mol. The van der Waals surface area contributed by atoms with Crippen LogP contribution in [0.3, 0.4) is 0 Å². The molecule has 0 saturated carbocycles. The first-order valence-electron chi connectivity index (χ1n) is 5.02. The summed E-state index contributed by atoms with van der Waals surface area (Å²) in [5, 5.41) is 20.1. The molecule has 0 fully saturated rings. The van der Waals surface area contributed by atoms with Crippen molar-refractivity contribution in [3.63, 3.8) is 0 Å². The van der Waals surface area contributed by atoms with Gasteiger partial charge in [-0.1, -0.05) is 25.7 Å². The van der Waals surface area contributed by atoms with Gasteiger partial charge >= 0.3 is 19.5 Å². The van der Waals surface area contributed by atoms with E-state index in [1.807, 2.05) is 0 Å². The van der Waals surface area contributed by atoms with Crippen molar-refractivity contribution < 1.29 is 39.3 Å². The molecule has 0 rings (SSSR count). The second kappa shape index (κ2) is 11.6. The Kier molecular flexibility index (Phi) is 13.2. The van der Waals surface area contributed by atoms with Gasteiger partial charge in [-0.05, 0) is 25.7 Å². The Morgan fingerprint density at radius 3 is 1.20 bits per heavy atom. The number of unbranched alkanes of at least 4 members (excludes halogenated alkanes) is 5. The molecule has 82 valence electrons. The average Bonchev–Trinajstić information content (AvgIpc) is 2.08. The van der Waals surface area contributed by atoms with Crippen molar-refractivity contribution >= 4 is 11.9 Å². The van der Waals surface area contributed by atoms with Crippen LogP contribution >= 0.6 is 0 Å². The summed E-state index contributed by atoms with van der Waals surface area (Å²) in [4.78, 5) is 20.1. The van der Waals surface area contributed by atoms with E-state index < -0.39 is 11.9 Å². The maximum Gasteiger partial charge on any atom is 2.00 e. The molecule has 0 atom stereocenters. The third kappa shape index (κ3) is 16.3. The topological polar surface area (TPSA) is 80.3 Å². The smallest absolute Gasteiger partial charge is 0.550 e. The molecule has 0 aromatic carbocycles. The molecule has 0 aromatic rings. The first kappa shape index (κ1) is 17.0. The van der Waals surface area contributed by atoms with Gasteiger partial charge in [0.15, 0.2) is 0 Å². The zero-order valence-electron chi connectivity index (χ0n) is 9.00. The van der Waals surface area contributed by atoms with Crippen molar-refractivity contribution in [2.75, 3.05) is 0 Å². The van der Waals surface area contributed by atoms with Gasteiger partial charge in [0, 0.05) is 11.9 Å². The summed E-state index contributed by atoms with van der Waals surface area (Å²) in [5.74, 6) is -2.00. The zero-order chi connectivity index (χ0) is 10.8. The summed E-state index contributed by atoms with van der Waals surface area (Å²) >= 11 is 0. The molecule has 0 unspecified atom stereocenters. The molecule has 0 aliphatic rings. The van der Waals surface area contributed by atoms with Gasteiger partial charge in [-0.15, -0.1) is 0 Å². The Hall–Kier alpha value is -0.437. The van der Waals surface area contributed by atoms with E-state index in [9.17, 15) is 19.8 Å². The molecule has 0 amide bonds. The third-order valence-electron chi connectivity index (χ3n) is 2.01. The summed E-state index contributed by atoms with van der Waals surface area (Å²) < 4.78 is 0. The number of aliphatic carboxylic acids is 2. The van der Waals surface area contributed by atoms with E-state index in [-0.39, 0.29) is 32.3 Å². The van der Waals surface area contributed by atoms with E-state index in [1.165, 1.54) is 0 Å². The van der Waals surface area contributed by atoms with Gasteiger partial charge in [0.1, 0.15) is 0 Å². The van der Waals surface area contributed by atoms with Crippen molar-refractivity contribution in [2.24, 2.45) is 0 Å². The number of carboxylic acid groups (broad SMARTS) is 2. The fourth-order valence-corrected chi connectivity index (χ4v) is 1.25. The van der Waals surface area contributed by atoms with Crippen LogP contribution in [0.2, 0.25) is 0 Å². The van der Waals surface area contributed by atoms with Gasteiger partial charge < -0.3 is 19.8 Å². The van der Waals surface area contributed by atoms with Gasteiger partial charge in [0.05, 0.1) is 0 Å². The molecule has 5 heteroatoms. The maximum atomic E-state index is 10.0. The minimum Gasteiger partial charge on any atom is -0.550 e. The summed E-state index contributed by atoms with van der Waals surface area (Å²) in [6.45, 7) is 0. The maximum absolute atomic E-state index is 10.0. The largest absolute Gasteiger partial charge is 2.00 e. The van der Waals surface area contributed by atoms with Crippen molar-refractivity contribution in [1.82, 2.24) is 0 Å². The molecule has 15 heavy (non-hydrogen) atoms. The van der Waals surface area contributed by atoms with Crippen molar-refractivity contribution in [1.29, 1.82) is 0 Å². The van der Waals surface area contributed by atoms with Crippen LogP contribution in [-0.4, -0.2) is 11.9 Å². The molecule has 0 aromatic heterocycles. The molecule has 0 aliphatic heterocycles. The molecule has 0 saturated heterocycles. The van der Waals surface area contributed by atoms with E-state index >= 15 is 0 Å². The Bertz CT molecular complexity index is 162. The molecule has 0 heterocycles. The molecule has 0 bridgehead atoms. The normalized spacial score (nSPS) is 9.33. The fourth-order valence-electron chi connectivity index (χ4n) is 1.25. The summed E-state index contributed by atoms with van der Waals surface area (Å²) in [6, 6.07) is 0. The van der Waals surface area contributed by atoms with Gasteiger partial charge in [-0.25, -0.2) is 0 Å². The van der Waals surface area contributed by atoms with Crippen molar-refractivity contribution in [3.05, 3.63) is 0 Å². The van der Waals surface area contributed by atoms with Gasteiger partial charge in [-0.3, -0.25) is 0 Å². The SMILES string of the molecule is O=C([O-])CCCCCCCCC(=O)[O-].[Zn+2]. The van der Waals surface area contributed by atoms with Crippen LogP contribution in [-0.2, 0) is 29.1 Å². The van der Waals surface area contributed by atoms with E-state index in [0.29, 0.717) is 12.8 Å². The number of carbonyl (C=O) groups excluding carboxylic acids is 2. The Morgan fingerprint density at radius 2 is 0.933 bits per heavy atom. The second-order valence-electron chi connectivity index (χ2n) is 3.37. The number of hydrogen-bond donors (Lipinski definition) is 0. The van der Waals surface area contributed by atoms with E-state index in [4.69, 9.17) is 0 Å². The summed E-state index contributed by atoms with van der Waals surface area (Å²) in [6.07, 6.45) is 5.23. The van der Waals surface area contributed by atoms with Crippen LogP contribution in [0.5, 0.6) is 0 Å². The van der Waals surface area contributed by atoms with Crippen molar-refractivity contribution in [3.8, 4) is 0 Å². The van der Waals surface area contributed by atoms with Crippen LogP contribution < -0.4 is 10.2 Å². The van der Waals surface area contributed by atoms with E-state index in [0.717, 1.165) is 25.7 Å². The quantitative estimate of drug-likeness (QED) is 0.420. The standard InChI is InChI=1S/C10H18O4.Zn/c11-9(12)7-5-3-1-2-4-6-8-10(13)14;/h1-8H2,(H,11,12)(H,13,14);/q;+2/p-2. The minimum absolute atomic E-state index is 0. The fraction of sp³-hybridized carbons (Fsp3) is 0.800. The van der Waals surface area contributed by atoms with Gasteiger partial charge in [0.2, 0.25) is 0 Å². The van der Waals surface area contributed by atoms with E-state index in [2.05, 4.69) is 0 Å². The van der Waals surface area contributed by atoms with Gasteiger partial charge in [-0.2, -0.15) is 0 Å². The first-order valence-corrected chi connectivity index (χ1v) is 5.02. The number of rotatable bonds is 9. The van der Waals surface area contributed by atoms with Crippen LogP contribution in [0.15, 0.2) is 0 Å². The number of hydrogen-bond acceptors (Lipinski definition) is 4. The molecule has 0 N–H and O–H groups in total. The zero-order valence-corrected chi connectivity index (χ0v) is 12.0. The monoisotopic (exact) mass is 264 g/mol. The number of carbonyl (C=O) groups is 2. The van der Waals surface area contributed by atoms with Crippen molar-refractivity contribution in [2.45, 2.75) is 51.4 Å².